The van der Waals surface area contributed by atoms with Crippen LogP contribution in [-0.4, -0.2) is 7.05 Å². The highest BCUT2D eigenvalue weighted by Gasteiger charge is 2.14. The van der Waals surface area contributed by atoms with Gasteiger partial charge in [-0.15, -0.1) is 6.42 Å². The van der Waals surface area contributed by atoms with E-state index in [2.05, 4.69) is 54.1 Å². The molecule has 0 aliphatic carbocycles. The molecule has 0 aromatic heterocycles. The Hall–Kier alpha value is -2.20. The SMILES string of the molecule is C#CC(c1ccc(C)cc1)N(C)c1ccccc1. The minimum Gasteiger partial charge on any atom is -0.357 e. The van der Waals surface area contributed by atoms with Crippen molar-refractivity contribution < 1.29 is 0 Å². The summed E-state index contributed by atoms with van der Waals surface area (Å²) in [5.41, 5.74) is 3.52. The topological polar surface area (TPSA) is 3.24 Å². The van der Waals surface area contributed by atoms with Gasteiger partial charge in [-0.3, -0.25) is 0 Å². The van der Waals surface area contributed by atoms with Crippen molar-refractivity contribution in [1.82, 2.24) is 0 Å². The minimum atomic E-state index is -0.0343. The molecular formula is C17H17N. The average molecular weight is 235 g/mol. The summed E-state index contributed by atoms with van der Waals surface area (Å²) < 4.78 is 0. The Morgan fingerprint density at radius 1 is 1.00 bits per heavy atom. The molecule has 1 nitrogen and oxygen atoms in total. The smallest absolute Gasteiger partial charge is 0.115 e. The Morgan fingerprint density at radius 2 is 1.61 bits per heavy atom. The van der Waals surface area contributed by atoms with Crippen molar-refractivity contribution in [2.75, 3.05) is 11.9 Å². The van der Waals surface area contributed by atoms with E-state index in [1.165, 1.54) is 5.56 Å². The fraction of sp³-hybridized carbons (Fsp3) is 0.176. The van der Waals surface area contributed by atoms with Gasteiger partial charge in [0, 0.05) is 12.7 Å². The van der Waals surface area contributed by atoms with Gasteiger partial charge in [-0.05, 0) is 24.6 Å². The maximum atomic E-state index is 5.69. The number of hydrogen-bond donors (Lipinski definition) is 0. The van der Waals surface area contributed by atoms with Gasteiger partial charge in [0.1, 0.15) is 6.04 Å². The Bertz CT molecular complexity index is 534. The Morgan fingerprint density at radius 3 is 2.17 bits per heavy atom. The van der Waals surface area contributed by atoms with Crippen LogP contribution in [0.15, 0.2) is 54.6 Å². The van der Waals surface area contributed by atoms with Crippen molar-refractivity contribution in [3.63, 3.8) is 0 Å². The van der Waals surface area contributed by atoms with Crippen LogP contribution >= 0.6 is 0 Å². The van der Waals surface area contributed by atoms with Gasteiger partial charge in [0.15, 0.2) is 0 Å². The van der Waals surface area contributed by atoms with E-state index >= 15 is 0 Å². The number of hydrogen-bond acceptors (Lipinski definition) is 1. The number of para-hydroxylation sites is 1. The second kappa shape index (κ2) is 5.42. The number of benzene rings is 2. The molecule has 0 radical (unpaired) electrons. The molecule has 0 saturated carbocycles. The van der Waals surface area contributed by atoms with E-state index in [1.54, 1.807) is 0 Å². The zero-order valence-electron chi connectivity index (χ0n) is 10.8. The first-order valence-electron chi connectivity index (χ1n) is 6.03. The van der Waals surface area contributed by atoms with Crippen LogP contribution in [-0.2, 0) is 0 Å². The van der Waals surface area contributed by atoms with E-state index in [4.69, 9.17) is 6.42 Å². The van der Waals surface area contributed by atoms with Gasteiger partial charge in [-0.1, -0.05) is 53.9 Å². The van der Waals surface area contributed by atoms with E-state index in [-0.39, 0.29) is 6.04 Å². The molecule has 0 amide bonds. The second-order valence-electron chi connectivity index (χ2n) is 4.43. The summed E-state index contributed by atoms with van der Waals surface area (Å²) in [7, 11) is 2.03. The van der Waals surface area contributed by atoms with Gasteiger partial charge >= 0.3 is 0 Å². The lowest BCUT2D eigenvalue weighted by atomic mass is 10.0. The lowest BCUT2D eigenvalue weighted by molar-refractivity contribution is 0.835. The molecule has 0 aliphatic rings. The van der Waals surface area contributed by atoms with Gasteiger partial charge in [0.05, 0.1) is 0 Å². The van der Waals surface area contributed by atoms with Crippen LogP contribution in [0.3, 0.4) is 0 Å². The van der Waals surface area contributed by atoms with Crippen LogP contribution in [0.1, 0.15) is 17.2 Å². The standard InChI is InChI=1S/C17H17N/c1-4-17(15-12-10-14(2)11-13-15)18(3)16-8-6-5-7-9-16/h1,5-13,17H,2-3H3. The van der Waals surface area contributed by atoms with E-state index in [1.807, 2.05) is 25.2 Å². The highest BCUT2D eigenvalue weighted by Crippen LogP contribution is 2.24. The maximum absolute atomic E-state index is 5.69. The molecular weight excluding hydrogens is 218 g/mol. The summed E-state index contributed by atoms with van der Waals surface area (Å²) in [6.07, 6.45) is 5.69. The third-order valence-corrected chi connectivity index (χ3v) is 3.10. The lowest BCUT2D eigenvalue weighted by Gasteiger charge is -2.26. The molecule has 0 fully saturated rings. The fourth-order valence-electron chi connectivity index (χ4n) is 1.99. The normalized spacial score (nSPS) is 11.6. The van der Waals surface area contributed by atoms with Crippen LogP contribution in [0, 0.1) is 19.3 Å². The lowest BCUT2D eigenvalue weighted by Crippen LogP contribution is -2.22. The molecule has 2 rings (SSSR count). The van der Waals surface area contributed by atoms with Crippen molar-refractivity contribution >= 4 is 5.69 Å². The molecule has 0 saturated heterocycles. The van der Waals surface area contributed by atoms with Crippen molar-refractivity contribution in [2.45, 2.75) is 13.0 Å². The molecule has 0 N–H and O–H groups in total. The molecule has 0 heterocycles. The predicted octanol–water partition coefficient (Wildman–Crippen LogP) is 3.81. The van der Waals surface area contributed by atoms with Crippen molar-refractivity contribution in [3.05, 3.63) is 65.7 Å². The zero-order valence-corrected chi connectivity index (χ0v) is 10.8. The van der Waals surface area contributed by atoms with Crippen molar-refractivity contribution in [1.29, 1.82) is 0 Å². The summed E-state index contributed by atoms with van der Waals surface area (Å²) in [6.45, 7) is 2.08. The largest absolute Gasteiger partial charge is 0.357 e. The fourth-order valence-corrected chi connectivity index (χ4v) is 1.99. The third-order valence-electron chi connectivity index (χ3n) is 3.10. The first kappa shape index (κ1) is 12.3. The van der Waals surface area contributed by atoms with Crippen LogP contribution in [0.2, 0.25) is 0 Å². The zero-order chi connectivity index (χ0) is 13.0. The molecule has 0 spiro atoms. The maximum Gasteiger partial charge on any atom is 0.115 e. The molecule has 2 aromatic rings. The summed E-state index contributed by atoms with van der Waals surface area (Å²) in [5.74, 6) is 2.86. The Kier molecular flexibility index (Phi) is 3.69. The molecule has 0 bridgehead atoms. The molecule has 90 valence electrons. The highest BCUT2D eigenvalue weighted by atomic mass is 15.1. The monoisotopic (exact) mass is 235 g/mol. The highest BCUT2D eigenvalue weighted by molar-refractivity contribution is 5.50. The minimum absolute atomic E-state index is 0.0343. The number of aryl methyl sites for hydroxylation is 1. The van der Waals surface area contributed by atoms with Gasteiger partial charge in [-0.25, -0.2) is 0 Å². The van der Waals surface area contributed by atoms with Gasteiger partial charge in [0.25, 0.3) is 0 Å². The third kappa shape index (κ3) is 2.55. The quantitative estimate of drug-likeness (QED) is 0.731. The molecule has 0 aliphatic heterocycles. The Labute approximate surface area is 109 Å². The molecule has 1 unspecified atom stereocenters. The second-order valence-corrected chi connectivity index (χ2v) is 4.43. The van der Waals surface area contributed by atoms with E-state index in [0.29, 0.717) is 0 Å². The molecule has 1 atom stereocenters. The average Bonchev–Trinajstić information content (AvgIpc) is 2.42. The van der Waals surface area contributed by atoms with E-state index < -0.39 is 0 Å². The van der Waals surface area contributed by atoms with Crippen LogP contribution in [0.4, 0.5) is 5.69 Å². The number of terminal acetylenes is 1. The predicted molar refractivity (Wildman–Crippen MR) is 77.6 cm³/mol. The van der Waals surface area contributed by atoms with Crippen molar-refractivity contribution in [2.24, 2.45) is 0 Å². The summed E-state index contributed by atoms with van der Waals surface area (Å²) in [4.78, 5) is 2.12. The van der Waals surface area contributed by atoms with Crippen LogP contribution in [0.25, 0.3) is 0 Å². The van der Waals surface area contributed by atoms with Gasteiger partial charge in [-0.2, -0.15) is 0 Å². The van der Waals surface area contributed by atoms with Gasteiger partial charge < -0.3 is 4.90 Å². The summed E-state index contributed by atoms with van der Waals surface area (Å²) in [5, 5.41) is 0. The van der Waals surface area contributed by atoms with E-state index in [0.717, 1.165) is 11.3 Å². The summed E-state index contributed by atoms with van der Waals surface area (Å²) >= 11 is 0. The number of nitrogens with zero attached hydrogens (tertiary/aromatic N) is 1. The first-order chi connectivity index (χ1) is 8.72. The Balaban J connectivity index is 2.30. The van der Waals surface area contributed by atoms with Crippen molar-refractivity contribution in [3.8, 4) is 12.3 Å². The summed E-state index contributed by atoms with van der Waals surface area (Å²) in [6, 6.07) is 18.5. The molecule has 1 heteroatoms. The first-order valence-corrected chi connectivity index (χ1v) is 6.03. The van der Waals surface area contributed by atoms with E-state index in [9.17, 15) is 0 Å². The van der Waals surface area contributed by atoms with Crippen LogP contribution < -0.4 is 4.90 Å². The molecule has 18 heavy (non-hydrogen) atoms. The van der Waals surface area contributed by atoms with Gasteiger partial charge in [0.2, 0.25) is 0 Å². The molecule has 2 aromatic carbocycles. The number of rotatable bonds is 3. The number of anilines is 1. The van der Waals surface area contributed by atoms with Crippen LogP contribution in [0.5, 0.6) is 0 Å².